The smallest absolute Gasteiger partial charge is 0.0964 e. The van der Waals surface area contributed by atoms with Gasteiger partial charge in [0.2, 0.25) is 0 Å². The molecule has 0 bridgehead atoms. The Hall–Kier alpha value is -3.02. The van der Waals surface area contributed by atoms with E-state index in [1.165, 1.54) is 27.0 Å². The highest BCUT2D eigenvalue weighted by Crippen LogP contribution is 2.59. The Morgan fingerprint density at radius 2 is 1.07 bits per heavy atom. The molecular weight excluding hydrogens is 562 g/mol. The number of benzene rings is 4. The number of fused-ring (bicyclic) bond motifs is 3. The van der Waals surface area contributed by atoms with Gasteiger partial charge in [0.15, 0.2) is 0 Å². The molecule has 1 aliphatic heterocycles. The van der Waals surface area contributed by atoms with Crippen LogP contribution in [0, 0.1) is 11.8 Å². The van der Waals surface area contributed by atoms with Crippen LogP contribution in [0.1, 0.15) is 32.1 Å². The average molecular weight is 603 g/mol. The van der Waals surface area contributed by atoms with Crippen molar-refractivity contribution in [3.05, 3.63) is 145 Å². The zero-order valence-electron chi connectivity index (χ0n) is 24.7. The van der Waals surface area contributed by atoms with E-state index in [0.29, 0.717) is 5.66 Å². The fraction of sp³-hybridized carbons (Fsp3) is 0.282. The molecule has 4 aromatic rings. The molecular formula is C39H40O2P2. The maximum Gasteiger partial charge on any atom is 0.0964 e. The molecule has 4 heteroatoms. The van der Waals surface area contributed by atoms with E-state index >= 15 is 0 Å². The Morgan fingerprint density at radius 3 is 1.65 bits per heavy atom. The molecule has 0 spiro atoms. The summed E-state index contributed by atoms with van der Waals surface area (Å²) in [6.07, 6.45) is 10.5. The van der Waals surface area contributed by atoms with E-state index in [1.807, 2.05) is 0 Å². The van der Waals surface area contributed by atoms with Gasteiger partial charge in [-0.05, 0) is 79.8 Å². The standard InChI is InChI=1S/C39H40O2P2/c1-5-16-30(17-6-1)42(31-18-7-2-8-19-31)36-26-13-24-34-38(36)39-35(41-29-15-28-40-34)25-14-27-37(39)43(32-20-9-3-10-21-32)33-22-11-4-12-23-33/h1-12,16-24,27,35-36,38-39H,13-15,25-26,28-29H2/t35-,36-,38+,39-/m1/s1. The predicted molar refractivity (Wildman–Crippen MR) is 184 cm³/mol. The second kappa shape index (κ2) is 13.7. The minimum Gasteiger partial charge on any atom is -0.498 e. The van der Waals surface area contributed by atoms with E-state index < -0.39 is 15.8 Å². The van der Waals surface area contributed by atoms with E-state index in [2.05, 4.69) is 133 Å². The average Bonchev–Trinajstić information content (AvgIpc) is 3.17. The van der Waals surface area contributed by atoms with Gasteiger partial charge in [-0.15, -0.1) is 0 Å². The Kier molecular flexibility index (Phi) is 9.18. The van der Waals surface area contributed by atoms with Crippen LogP contribution in [-0.2, 0) is 9.47 Å². The lowest BCUT2D eigenvalue weighted by Gasteiger charge is -2.47. The van der Waals surface area contributed by atoms with Gasteiger partial charge >= 0.3 is 0 Å². The van der Waals surface area contributed by atoms with Crippen molar-refractivity contribution >= 4 is 37.1 Å². The Balaban J connectivity index is 1.41. The minimum absolute atomic E-state index is 0.191. The molecule has 4 aromatic carbocycles. The van der Waals surface area contributed by atoms with Crippen LogP contribution < -0.4 is 21.2 Å². The van der Waals surface area contributed by atoms with Gasteiger partial charge in [-0.3, -0.25) is 0 Å². The molecule has 0 N–H and O–H groups in total. The van der Waals surface area contributed by atoms with E-state index in [9.17, 15) is 0 Å². The summed E-state index contributed by atoms with van der Waals surface area (Å²) in [7, 11) is -1.33. The lowest BCUT2D eigenvalue weighted by Crippen LogP contribution is -2.43. The Labute approximate surface area is 259 Å². The highest BCUT2D eigenvalue weighted by molar-refractivity contribution is 7.76. The molecule has 1 fully saturated rings. The van der Waals surface area contributed by atoms with Crippen molar-refractivity contribution in [1.29, 1.82) is 0 Å². The van der Waals surface area contributed by atoms with E-state index in [-0.39, 0.29) is 17.9 Å². The molecule has 0 amide bonds. The lowest BCUT2D eigenvalue weighted by atomic mass is 9.76. The van der Waals surface area contributed by atoms with Crippen molar-refractivity contribution in [2.75, 3.05) is 13.2 Å². The lowest BCUT2D eigenvalue weighted by molar-refractivity contribution is 0.00456. The van der Waals surface area contributed by atoms with Gasteiger partial charge in [0.25, 0.3) is 0 Å². The van der Waals surface area contributed by atoms with Gasteiger partial charge in [0, 0.05) is 18.3 Å². The number of hydrogen-bond donors (Lipinski definition) is 0. The first-order valence-electron chi connectivity index (χ1n) is 15.8. The molecule has 0 radical (unpaired) electrons. The first-order valence-corrected chi connectivity index (χ1v) is 18.6. The number of hydrogen-bond acceptors (Lipinski definition) is 2. The minimum atomic E-state index is -0.715. The molecule has 218 valence electrons. The summed E-state index contributed by atoms with van der Waals surface area (Å²) in [6, 6.07) is 45.1. The van der Waals surface area contributed by atoms with Crippen LogP contribution in [0.3, 0.4) is 0 Å². The third kappa shape index (κ3) is 6.17. The fourth-order valence-electron chi connectivity index (χ4n) is 7.30. The van der Waals surface area contributed by atoms with Crippen LogP contribution in [0.5, 0.6) is 0 Å². The van der Waals surface area contributed by atoms with Crippen LogP contribution in [0.4, 0.5) is 0 Å². The largest absolute Gasteiger partial charge is 0.498 e. The monoisotopic (exact) mass is 602 g/mol. The van der Waals surface area contributed by atoms with Gasteiger partial charge in [-0.25, -0.2) is 0 Å². The predicted octanol–water partition coefficient (Wildman–Crippen LogP) is 8.01. The van der Waals surface area contributed by atoms with Gasteiger partial charge in [-0.1, -0.05) is 127 Å². The highest BCUT2D eigenvalue weighted by Gasteiger charge is 2.48. The zero-order chi connectivity index (χ0) is 28.8. The zero-order valence-corrected chi connectivity index (χ0v) is 26.5. The van der Waals surface area contributed by atoms with Crippen molar-refractivity contribution < 1.29 is 9.47 Å². The van der Waals surface area contributed by atoms with Gasteiger partial charge in [-0.2, -0.15) is 0 Å². The fourth-order valence-corrected chi connectivity index (χ4v) is 13.2. The molecule has 4 atom stereocenters. The summed E-state index contributed by atoms with van der Waals surface area (Å²) in [5.41, 5.74) is 0.457. The van der Waals surface area contributed by atoms with Crippen molar-refractivity contribution in [2.45, 2.75) is 43.9 Å². The van der Waals surface area contributed by atoms with Crippen LogP contribution in [0.25, 0.3) is 0 Å². The molecule has 2 aliphatic carbocycles. The molecule has 2 nitrogen and oxygen atoms in total. The van der Waals surface area contributed by atoms with Crippen LogP contribution >= 0.6 is 15.8 Å². The Bertz CT molecular complexity index is 1440. The molecule has 0 saturated carbocycles. The van der Waals surface area contributed by atoms with Crippen LogP contribution in [-0.4, -0.2) is 25.0 Å². The summed E-state index contributed by atoms with van der Waals surface area (Å²) in [5.74, 6) is 1.76. The van der Waals surface area contributed by atoms with Gasteiger partial charge in [0.1, 0.15) is 0 Å². The van der Waals surface area contributed by atoms with Crippen molar-refractivity contribution in [3.8, 4) is 0 Å². The topological polar surface area (TPSA) is 18.5 Å². The number of rotatable bonds is 6. The van der Waals surface area contributed by atoms with Crippen molar-refractivity contribution in [3.63, 3.8) is 0 Å². The molecule has 3 aliphatic rings. The summed E-state index contributed by atoms with van der Waals surface area (Å²) in [6.45, 7) is 1.49. The number of allylic oxidation sites excluding steroid dienone is 3. The molecule has 43 heavy (non-hydrogen) atoms. The summed E-state index contributed by atoms with van der Waals surface area (Å²) in [4.78, 5) is 0. The normalized spacial score (nSPS) is 24.0. The van der Waals surface area contributed by atoms with Gasteiger partial charge in [0.05, 0.1) is 25.1 Å². The van der Waals surface area contributed by atoms with Gasteiger partial charge < -0.3 is 9.47 Å². The van der Waals surface area contributed by atoms with E-state index in [4.69, 9.17) is 9.47 Å². The van der Waals surface area contributed by atoms with E-state index in [0.717, 1.165) is 45.3 Å². The van der Waals surface area contributed by atoms with Crippen molar-refractivity contribution in [2.24, 2.45) is 11.8 Å². The van der Waals surface area contributed by atoms with Crippen molar-refractivity contribution in [1.82, 2.24) is 0 Å². The summed E-state index contributed by atoms with van der Waals surface area (Å²) >= 11 is 0. The molecule has 0 aromatic heterocycles. The first-order chi connectivity index (χ1) is 21.4. The second-order valence-electron chi connectivity index (χ2n) is 11.7. The van der Waals surface area contributed by atoms with Crippen LogP contribution in [0.15, 0.2) is 145 Å². The SMILES string of the molecule is C1=C2OCCCO[C@@H]3CCC=C(P(c4ccccc4)c4ccccc4)[C@@H]3[C@@H]2[C@H](P(c2ccccc2)c2ccccc2)CC1. The quantitative estimate of drug-likeness (QED) is 0.208. The maximum absolute atomic E-state index is 6.88. The summed E-state index contributed by atoms with van der Waals surface area (Å²) < 4.78 is 13.7. The molecule has 1 saturated heterocycles. The first kappa shape index (κ1) is 28.7. The number of ether oxygens (including phenoxy) is 2. The maximum atomic E-state index is 6.88. The molecule has 7 rings (SSSR count). The van der Waals surface area contributed by atoms with Crippen LogP contribution in [0.2, 0.25) is 0 Å². The Morgan fingerprint density at radius 1 is 0.535 bits per heavy atom. The summed E-state index contributed by atoms with van der Waals surface area (Å²) in [5, 5.41) is 7.34. The van der Waals surface area contributed by atoms with E-state index in [1.54, 1.807) is 5.31 Å². The molecule has 0 unspecified atom stereocenters. The molecule has 1 heterocycles. The highest BCUT2D eigenvalue weighted by atomic mass is 31.1. The third-order valence-electron chi connectivity index (χ3n) is 9.06. The third-order valence-corrected chi connectivity index (χ3v) is 14.6. The second-order valence-corrected chi connectivity index (χ2v) is 16.3.